The zero-order valence-corrected chi connectivity index (χ0v) is 14.5. The minimum Gasteiger partial charge on any atom is -0.397 e. The summed E-state index contributed by atoms with van der Waals surface area (Å²) >= 11 is 6.35. The van der Waals surface area contributed by atoms with Gasteiger partial charge in [0.15, 0.2) is 0 Å². The molecule has 0 fully saturated rings. The Morgan fingerprint density at radius 3 is 1.79 bits per heavy atom. The lowest BCUT2D eigenvalue weighted by Crippen LogP contribution is -2.24. The van der Waals surface area contributed by atoms with E-state index in [9.17, 15) is 0 Å². The lowest BCUT2D eigenvalue weighted by Gasteiger charge is -2.28. The molecule has 0 saturated carbocycles. The minimum absolute atomic E-state index is 0.741. The Morgan fingerprint density at radius 2 is 1.29 bits per heavy atom. The van der Waals surface area contributed by atoms with Crippen molar-refractivity contribution in [3.63, 3.8) is 0 Å². The van der Waals surface area contributed by atoms with Gasteiger partial charge in [-0.15, -0.1) is 0 Å². The van der Waals surface area contributed by atoms with E-state index in [-0.39, 0.29) is 0 Å². The van der Waals surface area contributed by atoms with Crippen LogP contribution in [0.5, 0.6) is 0 Å². The minimum atomic E-state index is 0.741. The van der Waals surface area contributed by atoms with Crippen LogP contribution in [0.1, 0.15) is 16.7 Å². The third-order valence-corrected chi connectivity index (χ3v) is 4.55. The van der Waals surface area contributed by atoms with E-state index in [0.29, 0.717) is 0 Å². The van der Waals surface area contributed by atoms with Gasteiger partial charge in [0.25, 0.3) is 0 Å². The van der Waals surface area contributed by atoms with Crippen LogP contribution in [-0.4, -0.2) is 0 Å². The Kier molecular flexibility index (Phi) is 5.07. The Labute approximate surface area is 148 Å². The zero-order valence-electron chi connectivity index (χ0n) is 13.7. The van der Waals surface area contributed by atoms with Gasteiger partial charge in [0.1, 0.15) is 0 Å². The first-order valence-corrected chi connectivity index (χ1v) is 8.40. The molecule has 0 amide bonds. The number of nitrogens with zero attached hydrogens (tertiary/aromatic N) is 1. The van der Waals surface area contributed by atoms with E-state index in [1.807, 2.05) is 31.2 Å². The quantitative estimate of drug-likeness (QED) is 0.629. The Hall–Kier alpha value is -2.45. The fourth-order valence-electron chi connectivity index (χ4n) is 2.94. The smallest absolute Gasteiger partial charge is 0.0650 e. The second kappa shape index (κ2) is 7.41. The van der Waals surface area contributed by atoms with Crippen LogP contribution in [0.3, 0.4) is 0 Å². The summed E-state index contributed by atoms with van der Waals surface area (Å²) in [6, 6.07) is 24.6. The maximum atomic E-state index is 6.35. The van der Waals surface area contributed by atoms with Crippen molar-refractivity contribution >= 4 is 23.0 Å². The maximum absolute atomic E-state index is 6.35. The summed E-state index contributed by atoms with van der Waals surface area (Å²) in [5.74, 6) is 0. The summed E-state index contributed by atoms with van der Waals surface area (Å²) in [5.41, 5.74) is 11.6. The molecule has 0 aliphatic heterocycles. The number of hydrogen-bond donors (Lipinski definition) is 1. The topological polar surface area (TPSA) is 29.3 Å². The molecule has 0 heterocycles. The molecule has 122 valence electrons. The Morgan fingerprint density at radius 1 is 0.792 bits per heavy atom. The third kappa shape index (κ3) is 3.72. The van der Waals surface area contributed by atoms with Crippen molar-refractivity contribution in [3.05, 3.63) is 94.5 Å². The van der Waals surface area contributed by atoms with Crippen molar-refractivity contribution in [1.82, 2.24) is 0 Å². The van der Waals surface area contributed by atoms with Crippen LogP contribution < -0.4 is 10.6 Å². The second-order valence-corrected chi connectivity index (χ2v) is 6.34. The van der Waals surface area contributed by atoms with E-state index < -0.39 is 0 Å². The monoisotopic (exact) mass is 336 g/mol. The van der Waals surface area contributed by atoms with Crippen molar-refractivity contribution < 1.29 is 0 Å². The van der Waals surface area contributed by atoms with Gasteiger partial charge in [-0.3, -0.25) is 0 Å². The number of benzene rings is 3. The summed E-state index contributed by atoms with van der Waals surface area (Å²) in [6.07, 6.45) is 0. The number of nitrogen functional groups attached to an aromatic ring is 1. The molecule has 0 saturated heterocycles. The van der Waals surface area contributed by atoms with Gasteiger partial charge in [-0.25, -0.2) is 0 Å². The first-order chi connectivity index (χ1) is 11.6. The van der Waals surface area contributed by atoms with Crippen molar-refractivity contribution in [2.24, 2.45) is 0 Å². The number of halogens is 1. The number of rotatable bonds is 5. The molecule has 2 N–H and O–H groups in total. The van der Waals surface area contributed by atoms with E-state index >= 15 is 0 Å². The second-order valence-electron chi connectivity index (χ2n) is 5.94. The molecule has 3 aromatic carbocycles. The molecule has 0 radical (unpaired) electrons. The van der Waals surface area contributed by atoms with Crippen LogP contribution in [0.15, 0.2) is 72.8 Å². The Bertz CT molecular complexity index is 759. The van der Waals surface area contributed by atoms with Gasteiger partial charge in [-0.2, -0.15) is 0 Å². The molecule has 0 bridgehead atoms. The van der Waals surface area contributed by atoms with Gasteiger partial charge in [0, 0.05) is 18.1 Å². The van der Waals surface area contributed by atoms with Crippen LogP contribution in [-0.2, 0) is 13.1 Å². The summed E-state index contributed by atoms with van der Waals surface area (Å²) in [6.45, 7) is 3.58. The fourth-order valence-corrected chi connectivity index (χ4v) is 3.09. The third-order valence-electron chi connectivity index (χ3n) is 4.14. The molecule has 3 aromatic rings. The first kappa shape index (κ1) is 16.4. The highest BCUT2D eigenvalue weighted by Crippen LogP contribution is 2.34. The molecular formula is C21H21ClN2. The average molecular weight is 337 g/mol. The molecule has 0 aliphatic carbocycles. The standard InChI is InChI=1S/C21H21ClN2/c1-16-19(22)12-13-20(23)21(16)24(14-17-8-4-2-5-9-17)15-18-10-6-3-7-11-18/h2-13H,14-15,23H2,1H3. The van der Waals surface area contributed by atoms with Crippen molar-refractivity contribution in [2.75, 3.05) is 10.6 Å². The van der Waals surface area contributed by atoms with Crippen LogP contribution in [0, 0.1) is 6.92 Å². The maximum Gasteiger partial charge on any atom is 0.0650 e. The van der Waals surface area contributed by atoms with Crippen LogP contribution in [0.4, 0.5) is 11.4 Å². The van der Waals surface area contributed by atoms with E-state index in [4.69, 9.17) is 17.3 Å². The molecule has 3 heteroatoms. The summed E-state index contributed by atoms with van der Waals surface area (Å²) in [7, 11) is 0. The summed E-state index contributed by atoms with van der Waals surface area (Å²) in [5, 5.41) is 0.741. The van der Waals surface area contributed by atoms with Gasteiger partial charge in [0.2, 0.25) is 0 Å². The number of nitrogens with two attached hydrogens (primary N) is 1. The van der Waals surface area contributed by atoms with Crippen LogP contribution >= 0.6 is 11.6 Å². The van der Waals surface area contributed by atoms with Crippen LogP contribution in [0.25, 0.3) is 0 Å². The lowest BCUT2D eigenvalue weighted by molar-refractivity contribution is 0.798. The normalized spacial score (nSPS) is 10.6. The summed E-state index contributed by atoms with van der Waals surface area (Å²) in [4.78, 5) is 2.29. The highest BCUT2D eigenvalue weighted by atomic mass is 35.5. The molecular weight excluding hydrogens is 316 g/mol. The fraction of sp³-hybridized carbons (Fsp3) is 0.143. The molecule has 0 unspecified atom stereocenters. The number of hydrogen-bond acceptors (Lipinski definition) is 2. The SMILES string of the molecule is Cc1c(Cl)ccc(N)c1N(Cc1ccccc1)Cc1ccccc1. The van der Waals surface area contributed by atoms with Crippen LogP contribution in [0.2, 0.25) is 5.02 Å². The van der Waals surface area contributed by atoms with Gasteiger partial charge >= 0.3 is 0 Å². The molecule has 2 nitrogen and oxygen atoms in total. The van der Waals surface area contributed by atoms with Gasteiger partial charge in [-0.05, 0) is 35.7 Å². The van der Waals surface area contributed by atoms with Crippen molar-refractivity contribution in [3.8, 4) is 0 Å². The van der Waals surface area contributed by atoms with Crippen molar-refractivity contribution in [1.29, 1.82) is 0 Å². The van der Waals surface area contributed by atoms with Gasteiger partial charge < -0.3 is 10.6 Å². The molecule has 0 aliphatic rings. The molecule has 0 spiro atoms. The highest BCUT2D eigenvalue weighted by molar-refractivity contribution is 6.32. The highest BCUT2D eigenvalue weighted by Gasteiger charge is 2.16. The lowest BCUT2D eigenvalue weighted by atomic mass is 10.1. The van der Waals surface area contributed by atoms with E-state index in [2.05, 4.69) is 53.4 Å². The Balaban J connectivity index is 2.00. The summed E-state index contributed by atoms with van der Waals surface area (Å²) < 4.78 is 0. The first-order valence-electron chi connectivity index (χ1n) is 8.02. The van der Waals surface area contributed by atoms with E-state index in [1.165, 1.54) is 11.1 Å². The zero-order chi connectivity index (χ0) is 16.9. The largest absolute Gasteiger partial charge is 0.397 e. The molecule has 24 heavy (non-hydrogen) atoms. The van der Waals surface area contributed by atoms with Gasteiger partial charge in [-0.1, -0.05) is 72.3 Å². The average Bonchev–Trinajstić information content (AvgIpc) is 2.60. The number of anilines is 2. The molecule has 0 aromatic heterocycles. The predicted molar refractivity (Wildman–Crippen MR) is 103 cm³/mol. The van der Waals surface area contributed by atoms with Crippen molar-refractivity contribution in [2.45, 2.75) is 20.0 Å². The van der Waals surface area contributed by atoms with Gasteiger partial charge in [0.05, 0.1) is 11.4 Å². The predicted octanol–water partition coefficient (Wildman–Crippen LogP) is 5.44. The molecule has 0 atom stereocenters. The molecule has 3 rings (SSSR count). The van der Waals surface area contributed by atoms with E-state index in [0.717, 1.165) is 35.1 Å². The van der Waals surface area contributed by atoms with E-state index in [1.54, 1.807) is 0 Å².